The van der Waals surface area contributed by atoms with E-state index in [0.29, 0.717) is 0 Å². The molecular weight excluding hydrogens is 474 g/mol. The third-order valence-electron chi connectivity index (χ3n) is 4.23. The predicted molar refractivity (Wildman–Crippen MR) is 114 cm³/mol. The van der Waals surface area contributed by atoms with Gasteiger partial charge in [-0.1, -0.05) is 5.11 Å². The van der Waals surface area contributed by atoms with E-state index in [2.05, 4.69) is 10.0 Å². The van der Waals surface area contributed by atoms with E-state index in [1.54, 1.807) is 0 Å². The van der Waals surface area contributed by atoms with Gasteiger partial charge in [-0.15, -0.1) is 0 Å². The first-order chi connectivity index (χ1) is 16.6. The predicted octanol–water partition coefficient (Wildman–Crippen LogP) is 0.430. The first kappa shape index (κ1) is 30.1. The zero-order valence-electron chi connectivity index (χ0n) is 20.1. The highest BCUT2D eigenvalue weighted by atomic mass is 16.7. The molecule has 1 aliphatic heterocycles. The van der Waals surface area contributed by atoms with Gasteiger partial charge in [0, 0.05) is 39.2 Å². The molecule has 0 spiro atoms. The molecule has 15 heteroatoms. The van der Waals surface area contributed by atoms with Gasteiger partial charge in [-0.2, -0.15) is 0 Å². The molecular formula is C20H31N3O12. The summed E-state index contributed by atoms with van der Waals surface area (Å²) in [6.45, 7) is 5.29. The summed E-state index contributed by atoms with van der Waals surface area (Å²) in [6, 6.07) is 0. The van der Waals surface area contributed by atoms with E-state index in [1.807, 2.05) is 0 Å². The smallest absolute Gasteiger partial charge is 0.303 e. The van der Waals surface area contributed by atoms with Crippen LogP contribution in [0.5, 0.6) is 0 Å². The van der Waals surface area contributed by atoms with Crippen LogP contribution in [0.25, 0.3) is 10.4 Å². The van der Waals surface area contributed by atoms with Crippen molar-refractivity contribution >= 4 is 23.9 Å². The van der Waals surface area contributed by atoms with Gasteiger partial charge in [0.1, 0.15) is 12.7 Å². The Morgan fingerprint density at radius 1 is 0.771 bits per heavy atom. The molecule has 0 N–H and O–H groups in total. The van der Waals surface area contributed by atoms with Gasteiger partial charge in [-0.25, -0.2) is 0 Å². The summed E-state index contributed by atoms with van der Waals surface area (Å²) in [5.74, 6) is -2.80. The summed E-state index contributed by atoms with van der Waals surface area (Å²) in [6.07, 6.45) is -6.20. The standard InChI is InChI=1S/C20H31N3O12/c1-12(24)31-11-16-17(32-13(2)25)18(33-14(3)26)19(34-15(4)27)20(35-16)30-10-9-29-8-7-28-6-5-22-23-21/h16-20H,5-11H2,1-4H3/t16-,17+,18-,19-,20-/m1/s1. The van der Waals surface area contributed by atoms with Crippen molar-refractivity contribution in [2.75, 3.05) is 46.2 Å². The molecule has 35 heavy (non-hydrogen) atoms. The number of esters is 4. The quantitative estimate of drug-likeness (QED) is 0.0745. The Bertz CT molecular complexity index is 758. The van der Waals surface area contributed by atoms with Crippen LogP contribution < -0.4 is 0 Å². The fourth-order valence-electron chi connectivity index (χ4n) is 3.02. The van der Waals surface area contributed by atoms with Crippen LogP contribution in [-0.2, 0) is 57.1 Å². The summed E-state index contributed by atoms with van der Waals surface area (Å²) >= 11 is 0. The van der Waals surface area contributed by atoms with Crippen molar-refractivity contribution in [1.29, 1.82) is 0 Å². The van der Waals surface area contributed by atoms with Crippen LogP contribution in [0.3, 0.4) is 0 Å². The van der Waals surface area contributed by atoms with Crippen LogP contribution in [0.15, 0.2) is 5.11 Å². The van der Waals surface area contributed by atoms with Crippen molar-refractivity contribution < 1.29 is 57.1 Å². The van der Waals surface area contributed by atoms with Gasteiger partial charge in [0.25, 0.3) is 0 Å². The monoisotopic (exact) mass is 505 g/mol. The SMILES string of the molecule is CC(=O)OC[C@H]1O[C@@H](OCCOCCOCCN=[N+]=[N-])[C@H](OC(C)=O)[C@H](OC(C)=O)[C@H]1OC(C)=O. The minimum Gasteiger partial charge on any atom is -0.463 e. The Hall–Kier alpha value is -2.97. The number of hydrogen-bond acceptors (Lipinski definition) is 13. The molecule has 5 atom stereocenters. The lowest BCUT2D eigenvalue weighted by molar-refractivity contribution is -0.309. The topological polar surface area (TPSA) is 191 Å². The Labute approximate surface area is 201 Å². The van der Waals surface area contributed by atoms with Crippen molar-refractivity contribution in [3.63, 3.8) is 0 Å². The molecule has 0 amide bonds. The summed E-state index contributed by atoms with van der Waals surface area (Å²) in [5.41, 5.74) is 8.18. The lowest BCUT2D eigenvalue weighted by atomic mass is 9.98. The highest BCUT2D eigenvalue weighted by molar-refractivity contribution is 5.68. The lowest BCUT2D eigenvalue weighted by Crippen LogP contribution is -2.63. The lowest BCUT2D eigenvalue weighted by Gasteiger charge is -2.44. The summed E-state index contributed by atoms with van der Waals surface area (Å²) in [7, 11) is 0. The van der Waals surface area contributed by atoms with Crippen LogP contribution in [-0.4, -0.2) is 101 Å². The van der Waals surface area contributed by atoms with E-state index >= 15 is 0 Å². The zero-order chi connectivity index (χ0) is 26.2. The van der Waals surface area contributed by atoms with Gasteiger partial charge in [0.05, 0.1) is 33.0 Å². The van der Waals surface area contributed by atoms with Crippen LogP contribution in [0.2, 0.25) is 0 Å². The molecule has 1 fully saturated rings. The number of carbonyl (C=O) groups is 4. The average molecular weight is 505 g/mol. The van der Waals surface area contributed by atoms with E-state index in [0.717, 1.165) is 20.8 Å². The summed E-state index contributed by atoms with van der Waals surface area (Å²) < 4.78 is 42.9. The Kier molecular flexibility index (Phi) is 14.3. The van der Waals surface area contributed by atoms with Crippen LogP contribution in [0, 0.1) is 0 Å². The fraction of sp³-hybridized carbons (Fsp3) is 0.800. The van der Waals surface area contributed by atoms with Gasteiger partial charge >= 0.3 is 23.9 Å². The molecule has 0 aromatic carbocycles. The van der Waals surface area contributed by atoms with Crippen molar-refractivity contribution in [2.24, 2.45) is 5.11 Å². The Balaban J connectivity index is 2.85. The molecule has 0 radical (unpaired) electrons. The summed E-state index contributed by atoms with van der Waals surface area (Å²) in [4.78, 5) is 49.1. The molecule has 1 heterocycles. The minimum atomic E-state index is -1.30. The number of ether oxygens (including phenoxy) is 8. The van der Waals surface area contributed by atoms with Crippen LogP contribution in [0.4, 0.5) is 0 Å². The van der Waals surface area contributed by atoms with E-state index in [9.17, 15) is 19.2 Å². The maximum Gasteiger partial charge on any atom is 0.303 e. The number of azide groups is 1. The normalized spacial score (nSPS) is 23.5. The molecule has 1 saturated heterocycles. The number of carbonyl (C=O) groups excluding carboxylic acids is 4. The van der Waals surface area contributed by atoms with Crippen molar-refractivity contribution in [3.05, 3.63) is 10.4 Å². The molecule has 0 aliphatic carbocycles. The van der Waals surface area contributed by atoms with Gasteiger partial charge < -0.3 is 37.9 Å². The molecule has 15 nitrogen and oxygen atoms in total. The zero-order valence-corrected chi connectivity index (χ0v) is 20.1. The van der Waals surface area contributed by atoms with Crippen molar-refractivity contribution in [1.82, 2.24) is 0 Å². The molecule has 0 unspecified atom stereocenters. The summed E-state index contributed by atoms with van der Waals surface area (Å²) in [5, 5.41) is 3.33. The molecule has 0 aromatic heterocycles. The van der Waals surface area contributed by atoms with E-state index in [4.69, 9.17) is 43.4 Å². The highest BCUT2D eigenvalue weighted by Gasteiger charge is 2.52. The molecule has 1 aliphatic rings. The first-order valence-electron chi connectivity index (χ1n) is 10.7. The van der Waals surface area contributed by atoms with E-state index < -0.39 is 54.6 Å². The third kappa shape index (κ3) is 12.3. The van der Waals surface area contributed by atoms with Crippen molar-refractivity contribution in [3.8, 4) is 0 Å². The minimum absolute atomic E-state index is 0.0214. The van der Waals surface area contributed by atoms with Gasteiger partial charge in [-0.05, 0) is 5.53 Å². The third-order valence-corrected chi connectivity index (χ3v) is 4.23. The Morgan fingerprint density at radius 3 is 1.89 bits per heavy atom. The molecule has 198 valence electrons. The second kappa shape index (κ2) is 16.6. The fourth-order valence-corrected chi connectivity index (χ4v) is 3.02. The van der Waals surface area contributed by atoms with Gasteiger partial charge in [-0.3, -0.25) is 19.2 Å². The van der Waals surface area contributed by atoms with E-state index in [-0.39, 0.29) is 46.2 Å². The van der Waals surface area contributed by atoms with Gasteiger partial charge in [0.2, 0.25) is 0 Å². The second-order valence-corrected chi connectivity index (χ2v) is 7.12. The first-order valence-corrected chi connectivity index (χ1v) is 10.7. The number of nitrogens with zero attached hydrogens (tertiary/aromatic N) is 3. The number of hydrogen-bond donors (Lipinski definition) is 0. The molecule has 0 bridgehead atoms. The molecule has 1 rings (SSSR count). The van der Waals surface area contributed by atoms with E-state index in [1.165, 1.54) is 6.92 Å². The Morgan fingerprint density at radius 2 is 1.31 bits per heavy atom. The van der Waals surface area contributed by atoms with Gasteiger partial charge in [0.15, 0.2) is 24.6 Å². The molecule has 0 aromatic rings. The largest absolute Gasteiger partial charge is 0.463 e. The van der Waals surface area contributed by atoms with Crippen LogP contribution in [0.1, 0.15) is 27.7 Å². The average Bonchev–Trinajstić information content (AvgIpc) is 2.76. The van der Waals surface area contributed by atoms with Crippen LogP contribution >= 0.6 is 0 Å². The number of rotatable bonds is 15. The highest BCUT2D eigenvalue weighted by Crippen LogP contribution is 2.29. The second-order valence-electron chi connectivity index (χ2n) is 7.12. The molecule has 0 saturated carbocycles. The van der Waals surface area contributed by atoms with Crippen molar-refractivity contribution in [2.45, 2.75) is 58.4 Å². The maximum absolute atomic E-state index is 11.8. The maximum atomic E-state index is 11.8.